The highest BCUT2D eigenvalue weighted by Gasteiger charge is 2.25. The summed E-state index contributed by atoms with van der Waals surface area (Å²) in [6.45, 7) is 0. The molecule has 3 heterocycles. The zero-order chi connectivity index (χ0) is 16.7. The number of cyclic esters (lactones) is 1. The molecule has 1 aliphatic heterocycles. The van der Waals surface area contributed by atoms with Crippen LogP contribution >= 0.6 is 22.9 Å². The summed E-state index contributed by atoms with van der Waals surface area (Å²) in [7, 11) is 1.59. The Morgan fingerprint density at radius 2 is 2.12 bits per heavy atom. The van der Waals surface area contributed by atoms with Crippen LogP contribution in [0.25, 0.3) is 11.0 Å². The third kappa shape index (κ3) is 2.47. The topological polar surface area (TPSA) is 65.2 Å². The second-order valence-corrected chi connectivity index (χ2v) is 6.14. The fourth-order valence-corrected chi connectivity index (χ4v) is 3.30. The Kier molecular flexibility index (Phi) is 3.59. The molecule has 3 aromatic rings. The molecular formula is C16H10ClN3O3S. The van der Waals surface area contributed by atoms with Crippen molar-refractivity contribution in [3.63, 3.8) is 0 Å². The summed E-state index contributed by atoms with van der Waals surface area (Å²) in [5, 5.41) is 2.20. The molecule has 0 fully saturated rings. The molecule has 6 nitrogen and oxygen atoms in total. The standard InChI is InChI=1S/C16H10ClN3O3S/c1-22-10-4-2-9(3-5-10)14-18-11(15(21)23-14)8-12-13(17)19-16-20(12)6-7-24-16/h2-8H,1H3/b11-8+. The van der Waals surface area contributed by atoms with Gasteiger partial charge in [-0.25, -0.2) is 14.8 Å². The monoisotopic (exact) mass is 359 g/mol. The summed E-state index contributed by atoms with van der Waals surface area (Å²) < 4.78 is 12.2. The molecule has 0 saturated carbocycles. The molecule has 0 N–H and O–H groups in total. The van der Waals surface area contributed by atoms with Gasteiger partial charge in [-0.2, -0.15) is 0 Å². The molecule has 1 aromatic carbocycles. The second-order valence-electron chi connectivity index (χ2n) is 4.91. The Bertz CT molecular complexity index is 1000. The summed E-state index contributed by atoms with van der Waals surface area (Å²) in [6.07, 6.45) is 3.41. The predicted molar refractivity (Wildman–Crippen MR) is 91.7 cm³/mol. The van der Waals surface area contributed by atoms with Crippen molar-refractivity contribution >= 4 is 45.8 Å². The van der Waals surface area contributed by atoms with Gasteiger partial charge in [0.2, 0.25) is 5.90 Å². The molecule has 0 spiro atoms. The second kappa shape index (κ2) is 5.77. The number of halogens is 1. The first-order chi connectivity index (χ1) is 11.7. The Hall–Kier alpha value is -2.64. The Labute approximate surface area is 145 Å². The van der Waals surface area contributed by atoms with Gasteiger partial charge in [0.1, 0.15) is 5.75 Å². The van der Waals surface area contributed by atoms with E-state index in [9.17, 15) is 4.79 Å². The van der Waals surface area contributed by atoms with E-state index in [0.717, 1.165) is 4.96 Å². The smallest absolute Gasteiger partial charge is 0.363 e. The number of aliphatic imine (C=N–C) groups is 1. The lowest BCUT2D eigenvalue weighted by Gasteiger charge is -2.01. The van der Waals surface area contributed by atoms with Crippen molar-refractivity contribution in [3.8, 4) is 5.75 Å². The number of benzene rings is 1. The van der Waals surface area contributed by atoms with E-state index in [4.69, 9.17) is 21.1 Å². The maximum absolute atomic E-state index is 12.1. The van der Waals surface area contributed by atoms with Crippen molar-refractivity contribution in [1.29, 1.82) is 0 Å². The van der Waals surface area contributed by atoms with Crippen molar-refractivity contribution in [3.05, 3.63) is 57.9 Å². The predicted octanol–water partition coefficient (Wildman–Crippen LogP) is 3.40. The van der Waals surface area contributed by atoms with Crippen molar-refractivity contribution in [2.45, 2.75) is 0 Å². The van der Waals surface area contributed by atoms with Crippen molar-refractivity contribution in [1.82, 2.24) is 9.38 Å². The third-order valence-corrected chi connectivity index (χ3v) is 4.52. The maximum atomic E-state index is 12.1. The van der Waals surface area contributed by atoms with Crippen molar-refractivity contribution < 1.29 is 14.3 Å². The first-order valence-electron chi connectivity index (χ1n) is 6.94. The quantitative estimate of drug-likeness (QED) is 0.531. The van der Waals surface area contributed by atoms with Crippen LogP contribution in [0.2, 0.25) is 5.15 Å². The highest BCUT2D eigenvalue weighted by molar-refractivity contribution is 7.15. The average molecular weight is 360 g/mol. The summed E-state index contributed by atoms with van der Waals surface area (Å²) >= 11 is 7.59. The van der Waals surface area contributed by atoms with Crippen LogP contribution in [0, 0.1) is 0 Å². The van der Waals surface area contributed by atoms with E-state index in [-0.39, 0.29) is 11.6 Å². The van der Waals surface area contributed by atoms with E-state index >= 15 is 0 Å². The highest BCUT2D eigenvalue weighted by Crippen LogP contribution is 2.26. The minimum absolute atomic E-state index is 0.177. The SMILES string of the molecule is COc1ccc(C2=N/C(=C/c3c(Cl)nc4sccn34)C(=O)O2)cc1. The van der Waals surface area contributed by atoms with E-state index in [1.807, 2.05) is 11.6 Å². The van der Waals surface area contributed by atoms with Gasteiger partial charge in [0, 0.05) is 17.1 Å². The van der Waals surface area contributed by atoms with Crippen LogP contribution < -0.4 is 4.74 Å². The number of aromatic nitrogens is 2. The van der Waals surface area contributed by atoms with E-state index in [1.54, 1.807) is 41.9 Å². The van der Waals surface area contributed by atoms with E-state index in [2.05, 4.69) is 9.98 Å². The number of carbonyl (C=O) groups is 1. The van der Waals surface area contributed by atoms with Crippen molar-refractivity contribution in [2.24, 2.45) is 4.99 Å². The zero-order valence-electron chi connectivity index (χ0n) is 12.4. The van der Waals surface area contributed by atoms with E-state index in [1.165, 1.54) is 11.3 Å². The Morgan fingerprint density at radius 3 is 2.88 bits per heavy atom. The van der Waals surface area contributed by atoms with Gasteiger partial charge in [0.25, 0.3) is 0 Å². The average Bonchev–Trinajstić information content (AvgIpc) is 3.25. The number of fused-ring (bicyclic) bond motifs is 1. The van der Waals surface area contributed by atoms with Gasteiger partial charge in [-0.3, -0.25) is 4.40 Å². The minimum Gasteiger partial charge on any atom is -0.497 e. The summed E-state index contributed by atoms with van der Waals surface area (Å²) in [6, 6.07) is 7.10. The van der Waals surface area contributed by atoms with Gasteiger partial charge < -0.3 is 9.47 Å². The molecule has 0 bridgehead atoms. The Balaban J connectivity index is 1.72. The lowest BCUT2D eigenvalue weighted by molar-refractivity contribution is -0.129. The highest BCUT2D eigenvalue weighted by atomic mass is 35.5. The largest absolute Gasteiger partial charge is 0.497 e. The lowest BCUT2D eigenvalue weighted by atomic mass is 10.2. The molecule has 0 amide bonds. The minimum atomic E-state index is -0.526. The molecule has 0 radical (unpaired) electrons. The third-order valence-electron chi connectivity index (χ3n) is 3.49. The van der Waals surface area contributed by atoms with Gasteiger partial charge in [-0.15, -0.1) is 11.3 Å². The number of carbonyl (C=O) groups excluding carboxylic acids is 1. The number of imidazole rings is 1. The molecular weight excluding hydrogens is 350 g/mol. The van der Waals surface area contributed by atoms with Gasteiger partial charge in [-0.05, 0) is 30.3 Å². The van der Waals surface area contributed by atoms with Gasteiger partial charge in [-0.1, -0.05) is 11.6 Å². The van der Waals surface area contributed by atoms with Crippen LogP contribution in [0.3, 0.4) is 0 Å². The number of esters is 1. The maximum Gasteiger partial charge on any atom is 0.363 e. The number of nitrogens with zero attached hydrogens (tertiary/aromatic N) is 3. The molecule has 120 valence electrons. The number of thiazole rings is 1. The van der Waals surface area contributed by atoms with Crippen molar-refractivity contribution in [2.75, 3.05) is 7.11 Å². The molecule has 0 aliphatic carbocycles. The number of hydrogen-bond acceptors (Lipinski definition) is 6. The molecule has 0 atom stereocenters. The molecule has 1 aliphatic rings. The summed E-state index contributed by atoms with van der Waals surface area (Å²) in [5.41, 5.74) is 1.46. The van der Waals surface area contributed by atoms with Gasteiger partial charge >= 0.3 is 5.97 Å². The van der Waals surface area contributed by atoms with Gasteiger partial charge in [0.05, 0.1) is 12.8 Å². The number of methoxy groups -OCH3 is 1. The number of hydrogen-bond donors (Lipinski definition) is 0. The van der Waals surface area contributed by atoms with Crippen LogP contribution in [0.1, 0.15) is 11.3 Å². The zero-order valence-corrected chi connectivity index (χ0v) is 14.0. The van der Waals surface area contributed by atoms with E-state index < -0.39 is 5.97 Å². The van der Waals surface area contributed by atoms with Crippen LogP contribution in [0.4, 0.5) is 0 Å². The number of ether oxygens (including phenoxy) is 2. The number of rotatable bonds is 3. The first-order valence-corrected chi connectivity index (χ1v) is 8.19. The normalized spacial score (nSPS) is 15.8. The molecule has 2 aromatic heterocycles. The fraction of sp³-hybridized carbons (Fsp3) is 0.0625. The molecule has 0 saturated heterocycles. The summed E-state index contributed by atoms with van der Waals surface area (Å²) in [5.74, 6) is 0.434. The van der Waals surface area contributed by atoms with Crippen LogP contribution in [0.15, 0.2) is 46.5 Å². The van der Waals surface area contributed by atoms with Gasteiger partial charge in [0.15, 0.2) is 15.8 Å². The summed E-state index contributed by atoms with van der Waals surface area (Å²) in [4.78, 5) is 21.3. The molecule has 0 unspecified atom stereocenters. The van der Waals surface area contributed by atoms with Crippen LogP contribution in [-0.4, -0.2) is 28.4 Å². The Morgan fingerprint density at radius 1 is 1.33 bits per heavy atom. The lowest BCUT2D eigenvalue weighted by Crippen LogP contribution is -2.05. The molecule has 4 rings (SSSR count). The molecule has 8 heteroatoms. The van der Waals surface area contributed by atoms with E-state index in [0.29, 0.717) is 22.2 Å². The fourth-order valence-electron chi connectivity index (χ4n) is 2.30. The van der Waals surface area contributed by atoms with Crippen LogP contribution in [-0.2, 0) is 9.53 Å². The molecule has 24 heavy (non-hydrogen) atoms. The first kappa shape index (κ1) is 14.9. The van der Waals surface area contributed by atoms with Crippen LogP contribution in [0.5, 0.6) is 5.75 Å².